The number of aliphatic hydroxyl groups excluding tert-OH is 1. The van der Waals surface area contributed by atoms with Crippen molar-refractivity contribution in [1.29, 1.82) is 0 Å². The predicted molar refractivity (Wildman–Crippen MR) is 75.2 cm³/mol. The summed E-state index contributed by atoms with van der Waals surface area (Å²) in [5.41, 5.74) is 3.02. The first kappa shape index (κ1) is 15.7. The average molecular weight is 265 g/mol. The maximum atomic E-state index is 11.0. The van der Waals surface area contributed by atoms with E-state index in [0.29, 0.717) is 6.42 Å². The number of nitrogens with one attached hydrogen (secondary N) is 1. The van der Waals surface area contributed by atoms with E-state index >= 15 is 0 Å². The van der Waals surface area contributed by atoms with Crippen LogP contribution in [0.15, 0.2) is 18.2 Å². The predicted octanol–water partition coefficient (Wildman–Crippen LogP) is 2.18. The number of aliphatic hydroxyl groups is 1. The minimum atomic E-state index is -0.866. The second-order valence-electron chi connectivity index (χ2n) is 4.96. The van der Waals surface area contributed by atoms with Gasteiger partial charge in [0.2, 0.25) is 0 Å². The molecule has 0 amide bonds. The van der Waals surface area contributed by atoms with Crippen molar-refractivity contribution in [3.8, 4) is 0 Å². The molecular formula is C15H23NO3. The Morgan fingerprint density at radius 1 is 1.37 bits per heavy atom. The summed E-state index contributed by atoms with van der Waals surface area (Å²) in [5, 5.41) is 22.1. The van der Waals surface area contributed by atoms with Crippen LogP contribution in [-0.2, 0) is 4.79 Å². The summed E-state index contributed by atoms with van der Waals surface area (Å²) < 4.78 is 0. The molecule has 106 valence electrons. The molecule has 19 heavy (non-hydrogen) atoms. The minimum absolute atomic E-state index is 0.251. The molecule has 1 rings (SSSR count). The maximum absolute atomic E-state index is 11.0. The molecular weight excluding hydrogens is 242 g/mol. The summed E-state index contributed by atoms with van der Waals surface area (Å²) in [6, 6.07) is 5.27. The van der Waals surface area contributed by atoms with Gasteiger partial charge in [-0.3, -0.25) is 4.79 Å². The molecule has 0 aliphatic rings. The number of carbonyl (C=O) groups is 1. The lowest BCUT2D eigenvalue weighted by molar-refractivity contribution is -0.139. The van der Waals surface area contributed by atoms with Gasteiger partial charge in [-0.05, 0) is 31.4 Å². The van der Waals surface area contributed by atoms with Gasteiger partial charge < -0.3 is 15.5 Å². The second kappa shape index (κ2) is 7.26. The van der Waals surface area contributed by atoms with Crippen LogP contribution < -0.4 is 5.32 Å². The SMILES string of the molecule is CCCC(NCC(O)c1ccc(C)cc1C)C(=O)O. The molecule has 0 saturated carbocycles. The van der Waals surface area contributed by atoms with Gasteiger partial charge in [-0.15, -0.1) is 0 Å². The maximum Gasteiger partial charge on any atom is 0.320 e. The van der Waals surface area contributed by atoms with E-state index in [1.807, 2.05) is 39.0 Å². The Morgan fingerprint density at radius 2 is 2.05 bits per heavy atom. The third kappa shape index (κ3) is 4.65. The lowest BCUT2D eigenvalue weighted by atomic mass is 10.0. The van der Waals surface area contributed by atoms with Crippen LogP contribution in [0.5, 0.6) is 0 Å². The summed E-state index contributed by atoms with van der Waals surface area (Å²) in [6.07, 6.45) is 0.678. The Hall–Kier alpha value is -1.39. The summed E-state index contributed by atoms with van der Waals surface area (Å²) in [5.74, 6) is -0.866. The molecule has 0 aliphatic heterocycles. The highest BCUT2D eigenvalue weighted by Gasteiger charge is 2.18. The molecule has 1 aromatic rings. The zero-order chi connectivity index (χ0) is 14.4. The number of carboxylic acids is 1. The molecule has 4 heteroatoms. The van der Waals surface area contributed by atoms with E-state index in [0.717, 1.165) is 23.1 Å². The molecule has 4 nitrogen and oxygen atoms in total. The van der Waals surface area contributed by atoms with Gasteiger partial charge in [-0.25, -0.2) is 0 Å². The van der Waals surface area contributed by atoms with E-state index < -0.39 is 18.1 Å². The molecule has 0 aliphatic carbocycles. The van der Waals surface area contributed by atoms with Crippen molar-refractivity contribution < 1.29 is 15.0 Å². The first-order chi connectivity index (χ1) is 8.95. The van der Waals surface area contributed by atoms with E-state index in [9.17, 15) is 9.90 Å². The summed E-state index contributed by atoms with van der Waals surface area (Å²) >= 11 is 0. The van der Waals surface area contributed by atoms with E-state index in [4.69, 9.17) is 5.11 Å². The molecule has 0 spiro atoms. The molecule has 2 unspecified atom stereocenters. The van der Waals surface area contributed by atoms with E-state index in [-0.39, 0.29) is 6.54 Å². The van der Waals surface area contributed by atoms with Gasteiger partial charge in [-0.2, -0.15) is 0 Å². The van der Waals surface area contributed by atoms with Gasteiger partial charge in [0.15, 0.2) is 0 Å². The van der Waals surface area contributed by atoms with Crippen molar-refractivity contribution >= 4 is 5.97 Å². The van der Waals surface area contributed by atoms with Gasteiger partial charge in [0, 0.05) is 6.54 Å². The standard InChI is InChI=1S/C15H23NO3/c1-4-5-13(15(18)19)16-9-14(17)12-7-6-10(2)8-11(12)3/h6-8,13-14,16-17H,4-5,9H2,1-3H3,(H,18,19). The first-order valence-electron chi connectivity index (χ1n) is 6.67. The lowest BCUT2D eigenvalue weighted by Gasteiger charge is -2.18. The van der Waals surface area contributed by atoms with E-state index in [1.165, 1.54) is 0 Å². The van der Waals surface area contributed by atoms with Crippen LogP contribution in [0.3, 0.4) is 0 Å². The second-order valence-corrected chi connectivity index (χ2v) is 4.96. The normalized spacial score (nSPS) is 14.1. The van der Waals surface area contributed by atoms with Crippen LogP contribution in [0.25, 0.3) is 0 Å². The number of rotatable bonds is 7. The largest absolute Gasteiger partial charge is 0.480 e. The highest BCUT2D eigenvalue weighted by molar-refractivity contribution is 5.73. The monoisotopic (exact) mass is 265 g/mol. The number of benzene rings is 1. The van der Waals surface area contributed by atoms with Crippen molar-refractivity contribution in [1.82, 2.24) is 5.32 Å². The van der Waals surface area contributed by atoms with Gasteiger partial charge in [-0.1, -0.05) is 37.1 Å². The fourth-order valence-electron chi connectivity index (χ4n) is 2.16. The molecule has 0 bridgehead atoms. The van der Waals surface area contributed by atoms with E-state index in [1.54, 1.807) is 0 Å². The Kier molecular flexibility index (Phi) is 5.99. The van der Waals surface area contributed by atoms with Crippen molar-refractivity contribution in [2.75, 3.05) is 6.54 Å². The van der Waals surface area contributed by atoms with Crippen LogP contribution in [0.4, 0.5) is 0 Å². The molecule has 0 fully saturated rings. The zero-order valence-corrected chi connectivity index (χ0v) is 11.8. The van der Waals surface area contributed by atoms with Crippen molar-refractivity contribution in [3.63, 3.8) is 0 Å². The Morgan fingerprint density at radius 3 is 2.58 bits per heavy atom. The van der Waals surface area contributed by atoms with Crippen molar-refractivity contribution in [3.05, 3.63) is 34.9 Å². The fraction of sp³-hybridized carbons (Fsp3) is 0.533. The van der Waals surface area contributed by atoms with Gasteiger partial charge in [0.05, 0.1) is 6.10 Å². The molecule has 2 atom stereocenters. The van der Waals surface area contributed by atoms with E-state index in [2.05, 4.69) is 5.32 Å². The fourth-order valence-corrected chi connectivity index (χ4v) is 2.16. The van der Waals surface area contributed by atoms with Gasteiger partial charge in [0.25, 0.3) is 0 Å². The molecule has 1 aromatic carbocycles. The Labute approximate surface area is 114 Å². The quantitative estimate of drug-likeness (QED) is 0.706. The van der Waals surface area contributed by atoms with Crippen molar-refractivity contribution in [2.45, 2.75) is 45.8 Å². The average Bonchev–Trinajstić information content (AvgIpc) is 2.33. The van der Waals surface area contributed by atoms with Crippen LogP contribution in [0, 0.1) is 13.8 Å². The first-order valence-corrected chi connectivity index (χ1v) is 6.67. The van der Waals surface area contributed by atoms with Crippen molar-refractivity contribution in [2.24, 2.45) is 0 Å². The number of hydrogen-bond donors (Lipinski definition) is 3. The van der Waals surface area contributed by atoms with Gasteiger partial charge >= 0.3 is 5.97 Å². The summed E-state index contributed by atoms with van der Waals surface area (Å²) in [4.78, 5) is 11.0. The molecule has 0 radical (unpaired) electrons. The van der Waals surface area contributed by atoms with Crippen LogP contribution in [0.1, 0.15) is 42.6 Å². The highest BCUT2D eigenvalue weighted by Crippen LogP contribution is 2.18. The number of hydrogen-bond acceptors (Lipinski definition) is 3. The molecule has 0 heterocycles. The number of aliphatic carboxylic acids is 1. The Bertz CT molecular complexity index is 431. The number of aryl methyl sites for hydroxylation is 2. The topological polar surface area (TPSA) is 69.6 Å². The Balaban J connectivity index is 2.63. The number of carboxylic acid groups (broad SMARTS) is 1. The lowest BCUT2D eigenvalue weighted by Crippen LogP contribution is -2.39. The smallest absolute Gasteiger partial charge is 0.320 e. The minimum Gasteiger partial charge on any atom is -0.480 e. The summed E-state index contributed by atoms with van der Waals surface area (Å²) in [6.45, 7) is 6.15. The third-order valence-corrected chi connectivity index (χ3v) is 3.22. The highest BCUT2D eigenvalue weighted by atomic mass is 16.4. The molecule has 3 N–H and O–H groups in total. The zero-order valence-electron chi connectivity index (χ0n) is 11.8. The molecule has 0 saturated heterocycles. The van der Waals surface area contributed by atoms with Gasteiger partial charge in [0.1, 0.15) is 6.04 Å². The van der Waals surface area contributed by atoms with Crippen LogP contribution in [0.2, 0.25) is 0 Å². The van der Waals surface area contributed by atoms with Crippen LogP contribution in [-0.4, -0.2) is 28.8 Å². The third-order valence-electron chi connectivity index (χ3n) is 3.22. The van der Waals surface area contributed by atoms with Crippen LogP contribution >= 0.6 is 0 Å². The molecule has 0 aromatic heterocycles. The summed E-state index contributed by atoms with van der Waals surface area (Å²) in [7, 11) is 0.